The average molecular weight is 283 g/mol. The quantitative estimate of drug-likeness (QED) is 0.879. The van der Waals surface area contributed by atoms with Gasteiger partial charge in [-0.3, -0.25) is 0 Å². The molecule has 0 saturated heterocycles. The van der Waals surface area contributed by atoms with Crippen LogP contribution in [0.5, 0.6) is 0 Å². The second kappa shape index (κ2) is 5.25. The number of aromatic nitrogens is 2. The second-order valence-electron chi connectivity index (χ2n) is 3.48. The Kier molecular flexibility index (Phi) is 3.69. The first kappa shape index (κ1) is 12.7. The molecule has 1 aromatic heterocycles. The van der Waals surface area contributed by atoms with Gasteiger partial charge in [-0.15, -0.1) is 0 Å². The number of benzene rings is 1. The van der Waals surface area contributed by atoms with Crippen molar-refractivity contribution in [3.63, 3.8) is 0 Å². The molecule has 0 atom stereocenters. The highest BCUT2D eigenvalue weighted by molar-refractivity contribution is 6.31. The van der Waals surface area contributed by atoms with Crippen LogP contribution < -0.4 is 0 Å². The first-order valence-electron chi connectivity index (χ1n) is 4.97. The highest BCUT2D eigenvalue weighted by atomic mass is 35.5. The Bertz CT molecular complexity index is 620. The third kappa shape index (κ3) is 2.91. The molecular formula is C12H8Cl2N2O2. The zero-order valence-electron chi connectivity index (χ0n) is 9.05. The number of aliphatic carboxylic acids is 1. The fraction of sp³-hybridized carbons (Fsp3) is 0. The van der Waals surface area contributed by atoms with Crippen molar-refractivity contribution in [1.82, 2.24) is 9.78 Å². The van der Waals surface area contributed by atoms with E-state index in [2.05, 4.69) is 5.10 Å². The molecule has 0 unspecified atom stereocenters. The molecule has 0 amide bonds. The monoisotopic (exact) mass is 282 g/mol. The fourth-order valence-corrected chi connectivity index (χ4v) is 1.75. The minimum absolute atomic E-state index is 0.489. The summed E-state index contributed by atoms with van der Waals surface area (Å²) in [6, 6.07) is 5.08. The summed E-state index contributed by atoms with van der Waals surface area (Å²) in [7, 11) is 0. The van der Waals surface area contributed by atoms with Crippen LogP contribution >= 0.6 is 23.2 Å². The standard InChI is InChI=1S/C12H8Cl2N2O2/c13-9-3-1-8(2-4-12(17)18)11(5-9)16-7-10(14)6-15-16/h1-7H,(H,17,18)/b4-2+. The van der Waals surface area contributed by atoms with Gasteiger partial charge in [0.05, 0.1) is 16.9 Å². The van der Waals surface area contributed by atoms with E-state index in [0.717, 1.165) is 6.08 Å². The van der Waals surface area contributed by atoms with E-state index in [0.29, 0.717) is 21.3 Å². The van der Waals surface area contributed by atoms with Gasteiger partial charge in [0.2, 0.25) is 0 Å². The molecule has 1 aromatic carbocycles. The normalized spacial score (nSPS) is 11.0. The van der Waals surface area contributed by atoms with Gasteiger partial charge in [-0.25, -0.2) is 9.48 Å². The van der Waals surface area contributed by atoms with Gasteiger partial charge < -0.3 is 5.11 Å². The van der Waals surface area contributed by atoms with E-state index in [1.54, 1.807) is 24.4 Å². The zero-order chi connectivity index (χ0) is 13.1. The topological polar surface area (TPSA) is 55.1 Å². The second-order valence-corrected chi connectivity index (χ2v) is 4.35. The van der Waals surface area contributed by atoms with E-state index in [1.807, 2.05) is 0 Å². The number of halogens is 2. The van der Waals surface area contributed by atoms with Gasteiger partial charge in [-0.2, -0.15) is 5.10 Å². The van der Waals surface area contributed by atoms with E-state index in [-0.39, 0.29) is 0 Å². The minimum atomic E-state index is -1.02. The first-order valence-corrected chi connectivity index (χ1v) is 5.73. The third-order valence-corrected chi connectivity index (χ3v) is 2.63. The van der Waals surface area contributed by atoms with E-state index in [4.69, 9.17) is 28.3 Å². The van der Waals surface area contributed by atoms with Gasteiger partial charge in [0.15, 0.2) is 0 Å². The zero-order valence-corrected chi connectivity index (χ0v) is 10.6. The molecule has 0 aliphatic rings. The average Bonchev–Trinajstić information content (AvgIpc) is 2.74. The predicted molar refractivity (Wildman–Crippen MR) is 70.3 cm³/mol. The largest absolute Gasteiger partial charge is 0.478 e. The number of carbonyl (C=O) groups is 1. The van der Waals surface area contributed by atoms with Gasteiger partial charge in [0, 0.05) is 22.9 Å². The number of carboxylic acid groups (broad SMARTS) is 1. The molecule has 1 N–H and O–H groups in total. The Hall–Kier alpha value is -1.78. The number of carboxylic acids is 1. The fourth-order valence-electron chi connectivity index (χ4n) is 1.45. The summed E-state index contributed by atoms with van der Waals surface area (Å²) < 4.78 is 1.54. The van der Waals surface area contributed by atoms with Gasteiger partial charge >= 0.3 is 5.97 Å². The highest BCUT2D eigenvalue weighted by Crippen LogP contribution is 2.22. The summed E-state index contributed by atoms with van der Waals surface area (Å²) in [5, 5.41) is 13.7. The molecule has 0 saturated carbocycles. The molecule has 0 bridgehead atoms. The van der Waals surface area contributed by atoms with Crippen molar-refractivity contribution in [2.75, 3.05) is 0 Å². The van der Waals surface area contributed by atoms with Crippen LogP contribution in [0, 0.1) is 0 Å². The molecule has 4 nitrogen and oxygen atoms in total. The number of hydrogen-bond donors (Lipinski definition) is 1. The Balaban J connectivity index is 2.50. The lowest BCUT2D eigenvalue weighted by atomic mass is 10.1. The summed E-state index contributed by atoms with van der Waals surface area (Å²) in [5.41, 5.74) is 1.34. The van der Waals surface area contributed by atoms with Crippen LogP contribution in [-0.4, -0.2) is 20.9 Å². The Morgan fingerprint density at radius 2 is 2.11 bits per heavy atom. The molecule has 18 heavy (non-hydrogen) atoms. The van der Waals surface area contributed by atoms with Gasteiger partial charge in [0.25, 0.3) is 0 Å². The lowest BCUT2D eigenvalue weighted by Gasteiger charge is -2.06. The molecule has 2 aromatic rings. The molecule has 0 fully saturated rings. The Morgan fingerprint density at radius 1 is 1.33 bits per heavy atom. The van der Waals surface area contributed by atoms with Crippen LogP contribution in [0.2, 0.25) is 10.0 Å². The summed E-state index contributed by atoms with van der Waals surface area (Å²) >= 11 is 11.7. The van der Waals surface area contributed by atoms with E-state index in [1.165, 1.54) is 17.0 Å². The molecule has 0 aliphatic heterocycles. The maximum Gasteiger partial charge on any atom is 0.328 e. The lowest BCUT2D eigenvalue weighted by Crippen LogP contribution is -1.97. The molecular weight excluding hydrogens is 275 g/mol. The lowest BCUT2D eigenvalue weighted by molar-refractivity contribution is -0.131. The van der Waals surface area contributed by atoms with E-state index < -0.39 is 5.97 Å². The minimum Gasteiger partial charge on any atom is -0.478 e. The van der Waals surface area contributed by atoms with Crippen LogP contribution in [0.25, 0.3) is 11.8 Å². The van der Waals surface area contributed by atoms with Gasteiger partial charge in [-0.1, -0.05) is 29.3 Å². The summed E-state index contributed by atoms with van der Waals surface area (Å²) in [5.74, 6) is -1.02. The Labute approximate surface area is 113 Å². The van der Waals surface area contributed by atoms with Crippen molar-refractivity contribution < 1.29 is 9.90 Å². The van der Waals surface area contributed by atoms with E-state index >= 15 is 0 Å². The molecule has 0 spiro atoms. The summed E-state index contributed by atoms with van der Waals surface area (Å²) in [6.07, 6.45) is 5.64. The van der Waals surface area contributed by atoms with Crippen molar-refractivity contribution in [3.05, 3.63) is 52.3 Å². The molecule has 0 aliphatic carbocycles. The van der Waals surface area contributed by atoms with Crippen molar-refractivity contribution in [3.8, 4) is 5.69 Å². The number of hydrogen-bond acceptors (Lipinski definition) is 2. The van der Waals surface area contributed by atoms with Crippen LogP contribution in [0.4, 0.5) is 0 Å². The number of rotatable bonds is 3. The molecule has 6 heteroatoms. The predicted octanol–water partition coefficient (Wildman–Crippen LogP) is 3.28. The first-order chi connectivity index (χ1) is 8.56. The highest BCUT2D eigenvalue weighted by Gasteiger charge is 2.05. The molecule has 92 valence electrons. The molecule has 0 radical (unpaired) electrons. The van der Waals surface area contributed by atoms with E-state index in [9.17, 15) is 4.79 Å². The summed E-state index contributed by atoms with van der Waals surface area (Å²) in [4.78, 5) is 10.5. The van der Waals surface area contributed by atoms with Crippen molar-refractivity contribution in [1.29, 1.82) is 0 Å². The van der Waals surface area contributed by atoms with Crippen molar-refractivity contribution in [2.24, 2.45) is 0 Å². The third-order valence-electron chi connectivity index (χ3n) is 2.20. The van der Waals surface area contributed by atoms with Crippen LogP contribution in [0.1, 0.15) is 5.56 Å². The maximum atomic E-state index is 10.5. The number of nitrogens with zero attached hydrogens (tertiary/aromatic N) is 2. The van der Waals surface area contributed by atoms with Crippen LogP contribution in [0.3, 0.4) is 0 Å². The molecule has 2 rings (SSSR count). The summed E-state index contributed by atoms with van der Waals surface area (Å²) in [6.45, 7) is 0. The van der Waals surface area contributed by atoms with Crippen molar-refractivity contribution >= 4 is 35.2 Å². The van der Waals surface area contributed by atoms with Gasteiger partial charge in [-0.05, 0) is 18.2 Å². The maximum absolute atomic E-state index is 10.5. The smallest absolute Gasteiger partial charge is 0.328 e. The van der Waals surface area contributed by atoms with Crippen molar-refractivity contribution in [2.45, 2.75) is 0 Å². The Morgan fingerprint density at radius 3 is 2.72 bits per heavy atom. The molecule has 1 heterocycles. The van der Waals surface area contributed by atoms with Gasteiger partial charge in [0.1, 0.15) is 0 Å². The SMILES string of the molecule is O=C(O)/C=C/c1ccc(Cl)cc1-n1cc(Cl)cn1. The van der Waals surface area contributed by atoms with Crippen LogP contribution in [0.15, 0.2) is 36.7 Å². The van der Waals surface area contributed by atoms with Crippen LogP contribution in [-0.2, 0) is 4.79 Å².